The highest BCUT2D eigenvalue weighted by Crippen LogP contribution is 2.28. The van der Waals surface area contributed by atoms with E-state index in [-0.39, 0.29) is 56.8 Å². The molecule has 0 radical (unpaired) electrons. The average Bonchev–Trinajstić information content (AvgIpc) is 3.34. The molecule has 0 aromatic heterocycles. The second-order valence-electron chi connectivity index (χ2n) is 16.5. The van der Waals surface area contributed by atoms with Crippen molar-refractivity contribution in [2.75, 3.05) is 13.2 Å². The predicted octanol–water partition coefficient (Wildman–Crippen LogP) is 14.3. The number of esters is 4. The molecular weight excluding hydrogens is 871 g/mol. The third-order valence-electron chi connectivity index (χ3n) is 11.2. The van der Waals surface area contributed by atoms with Crippen molar-refractivity contribution >= 4 is 34.6 Å². The van der Waals surface area contributed by atoms with Crippen LogP contribution < -0.4 is 28.4 Å². The Morgan fingerprint density at radius 1 is 0.353 bits per heavy atom. The minimum Gasteiger partial charge on any atom is -0.491 e. The Labute approximate surface area is 396 Å². The van der Waals surface area contributed by atoms with Crippen LogP contribution in [0.2, 0.25) is 0 Å². The first-order chi connectivity index (χ1) is 33.1. The SMILES string of the molecule is CCCCCCCCCOc1ccc(C(=O)Oc2ccc(C(=O)Oc3ccc4ccc(OC(=O)c5ccc(OC(=O)c6ccc(OCCCCCCCCC)c(F)c6)cc5)cc4c3)cc2)cc1F. The van der Waals surface area contributed by atoms with Crippen LogP contribution in [0.4, 0.5) is 8.78 Å². The van der Waals surface area contributed by atoms with E-state index in [2.05, 4.69) is 13.8 Å². The molecule has 10 nitrogen and oxygen atoms in total. The van der Waals surface area contributed by atoms with Gasteiger partial charge in [0.2, 0.25) is 0 Å². The number of hydrogen-bond acceptors (Lipinski definition) is 10. The van der Waals surface area contributed by atoms with Gasteiger partial charge in [-0.05, 0) is 133 Å². The summed E-state index contributed by atoms with van der Waals surface area (Å²) in [5, 5.41) is 1.41. The summed E-state index contributed by atoms with van der Waals surface area (Å²) >= 11 is 0. The van der Waals surface area contributed by atoms with Crippen molar-refractivity contribution in [1.29, 1.82) is 0 Å². The van der Waals surface area contributed by atoms with E-state index >= 15 is 0 Å². The number of carbonyl (C=O) groups is 4. The van der Waals surface area contributed by atoms with Gasteiger partial charge in [-0.3, -0.25) is 0 Å². The second-order valence-corrected chi connectivity index (χ2v) is 16.5. The molecule has 0 bridgehead atoms. The molecule has 68 heavy (non-hydrogen) atoms. The molecule has 0 saturated heterocycles. The fraction of sp³-hybridized carbons (Fsp3) is 0.321. The zero-order valence-corrected chi connectivity index (χ0v) is 38.7. The van der Waals surface area contributed by atoms with E-state index in [1.54, 1.807) is 36.4 Å². The average molecular weight is 929 g/mol. The number of halogens is 2. The monoisotopic (exact) mass is 928 g/mol. The van der Waals surface area contributed by atoms with Gasteiger partial charge in [-0.25, -0.2) is 28.0 Å². The lowest BCUT2D eigenvalue weighted by Crippen LogP contribution is -2.11. The summed E-state index contributed by atoms with van der Waals surface area (Å²) in [5.74, 6) is -3.29. The molecule has 0 spiro atoms. The van der Waals surface area contributed by atoms with Crippen molar-refractivity contribution in [3.8, 4) is 34.5 Å². The van der Waals surface area contributed by atoms with Crippen LogP contribution >= 0.6 is 0 Å². The van der Waals surface area contributed by atoms with Gasteiger partial charge in [-0.2, -0.15) is 0 Å². The van der Waals surface area contributed by atoms with Crippen LogP contribution in [0.3, 0.4) is 0 Å². The number of benzene rings is 6. The smallest absolute Gasteiger partial charge is 0.343 e. The fourth-order valence-corrected chi connectivity index (χ4v) is 7.28. The highest BCUT2D eigenvalue weighted by molar-refractivity contribution is 5.95. The van der Waals surface area contributed by atoms with Crippen molar-refractivity contribution in [2.45, 2.75) is 104 Å². The molecule has 0 N–H and O–H groups in total. The van der Waals surface area contributed by atoms with Gasteiger partial charge in [0.1, 0.15) is 23.0 Å². The van der Waals surface area contributed by atoms with E-state index in [4.69, 9.17) is 28.4 Å². The van der Waals surface area contributed by atoms with Gasteiger partial charge in [0.15, 0.2) is 23.1 Å². The zero-order valence-electron chi connectivity index (χ0n) is 38.7. The largest absolute Gasteiger partial charge is 0.491 e. The number of rotatable bonds is 26. The lowest BCUT2D eigenvalue weighted by atomic mass is 10.1. The Morgan fingerprint density at radius 3 is 1.06 bits per heavy atom. The topological polar surface area (TPSA) is 124 Å². The van der Waals surface area contributed by atoms with Crippen molar-refractivity contribution in [1.82, 2.24) is 0 Å². The van der Waals surface area contributed by atoms with Gasteiger partial charge in [-0.15, -0.1) is 0 Å². The molecule has 0 aliphatic heterocycles. The normalized spacial score (nSPS) is 10.9. The molecule has 0 saturated carbocycles. The summed E-state index contributed by atoms with van der Waals surface area (Å²) in [5.41, 5.74) is 0.388. The fourth-order valence-electron chi connectivity index (χ4n) is 7.28. The number of unbranched alkanes of at least 4 members (excludes halogenated alkanes) is 12. The molecule has 0 aliphatic carbocycles. The Balaban J connectivity index is 0.949. The highest BCUT2D eigenvalue weighted by atomic mass is 19.1. The van der Waals surface area contributed by atoms with Crippen molar-refractivity contribution < 1.29 is 56.4 Å². The number of fused-ring (bicyclic) bond motifs is 1. The van der Waals surface area contributed by atoms with Gasteiger partial charge in [0.25, 0.3) is 0 Å². The van der Waals surface area contributed by atoms with Crippen LogP contribution in [-0.2, 0) is 0 Å². The summed E-state index contributed by atoms with van der Waals surface area (Å²) in [6.07, 6.45) is 15.6. The van der Waals surface area contributed by atoms with Crippen molar-refractivity contribution in [3.63, 3.8) is 0 Å². The molecule has 6 rings (SSSR count). The molecule has 0 heterocycles. The van der Waals surface area contributed by atoms with Crippen LogP contribution in [0.5, 0.6) is 34.5 Å². The summed E-state index contributed by atoms with van der Waals surface area (Å²) in [6, 6.07) is 29.3. The summed E-state index contributed by atoms with van der Waals surface area (Å²) in [6.45, 7) is 5.15. The van der Waals surface area contributed by atoms with E-state index in [9.17, 15) is 28.0 Å². The Hall–Kier alpha value is -7.08. The first kappa shape index (κ1) is 50.3. The van der Waals surface area contributed by atoms with Gasteiger partial charge >= 0.3 is 23.9 Å². The maximum absolute atomic E-state index is 14.7. The van der Waals surface area contributed by atoms with Crippen LogP contribution in [0.25, 0.3) is 10.8 Å². The van der Waals surface area contributed by atoms with E-state index in [1.165, 1.54) is 124 Å². The molecule has 6 aromatic carbocycles. The predicted molar refractivity (Wildman–Crippen MR) is 256 cm³/mol. The quantitative estimate of drug-likeness (QED) is 0.0295. The van der Waals surface area contributed by atoms with Crippen molar-refractivity contribution in [2.24, 2.45) is 0 Å². The molecule has 0 atom stereocenters. The minimum atomic E-state index is -0.771. The first-order valence-corrected chi connectivity index (χ1v) is 23.6. The maximum atomic E-state index is 14.7. The van der Waals surface area contributed by atoms with E-state index in [0.29, 0.717) is 18.6 Å². The molecular formula is C56H58F2O10. The van der Waals surface area contributed by atoms with Crippen LogP contribution in [0.1, 0.15) is 145 Å². The van der Waals surface area contributed by atoms with E-state index in [1.807, 2.05) is 0 Å². The molecule has 0 aliphatic rings. The third kappa shape index (κ3) is 15.5. The van der Waals surface area contributed by atoms with Gasteiger partial charge in [0.05, 0.1) is 35.5 Å². The number of ether oxygens (including phenoxy) is 6. The van der Waals surface area contributed by atoms with Gasteiger partial charge in [-0.1, -0.05) is 103 Å². The molecule has 0 amide bonds. The van der Waals surface area contributed by atoms with Gasteiger partial charge < -0.3 is 28.4 Å². The molecule has 6 aromatic rings. The Kier molecular flexibility index (Phi) is 19.5. The number of hydrogen-bond donors (Lipinski definition) is 0. The third-order valence-corrected chi connectivity index (χ3v) is 11.2. The highest BCUT2D eigenvalue weighted by Gasteiger charge is 2.17. The Morgan fingerprint density at radius 2 is 0.676 bits per heavy atom. The Bertz CT molecular complexity index is 2430. The van der Waals surface area contributed by atoms with Gasteiger partial charge in [0, 0.05) is 0 Å². The molecule has 356 valence electrons. The zero-order chi connectivity index (χ0) is 48.1. The van der Waals surface area contributed by atoms with E-state index < -0.39 is 35.5 Å². The lowest BCUT2D eigenvalue weighted by molar-refractivity contribution is 0.0720. The summed E-state index contributed by atoms with van der Waals surface area (Å²) < 4.78 is 62.7. The first-order valence-electron chi connectivity index (χ1n) is 23.6. The minimum absolute atomic E-state index is 0.00983. The summed E-state index contributed by atoms with van der Waals surface area (Å²) in [4.78, 5) is 51.7. The number of carbonyl (C=O) groups excluding carboxylic acids is 4. The van der Waals surface area contributed by atoms with E-state index in [0.717, 1.165) is 56.0 Å². The maximum Gasteiger partial charge on any atom is 0.343 e. The van der Waals surface area contributed by atoms with Crippen LogP contribution in [0, 0.1) is 11.6 Å². The standard InChI is InChI=1S/C56H58F2O10/c1-3-5-7-9-11-13-15-33-63-51-31-23-42(37-49(51)57)55(61)65-45-25-19-40(20-26-45)53(59)67-47-29-17-39-18-30-48(36-44(39)35-47)68-54(60)41-21-27-46(28-22-41)66-56(62)43-24-32-52(50(58)38-43)64-34-16-14-12-10-8-6-4-2/h17-32,35-38H,3-16,33-34H2,1-2H3. The molecule has 12 heteroatoms. The van der Waals surface area contributed by atoms with Crippen LogP contribution in [-0.4, -0.2) is 37.1 Å². The van der Waals surface area contributed by atoms with Crippen molar-refractivity contribution in [3.05, 3.63) is 155 Å². The molecule has 0 fully saturated rings. The second kappa shape index (κ2) is 26.3. The summed E-state index contributed by atoms with van der Waals surface area (Å²) in [7, 11) is 0. The molecule has 0 unspecified atom stereocenters. The lowest BCUT2D eigenvalue weighted by Gasteiger charge is -2.10. The van der Waals surface area contributed by atoms with Crippen LogP contribution in [0.15, 0.2) is 121 Å².